The van der Waals surface area contributed by atoms with Crippen LogP contribution in [0, 0.1) is 6.92 Å². The third-order valence-electron chi connectivity index (χ3n) is 2.76. The second-order valence-electron chi connectivity index (χ2n) is 4.38. The van der Waals surface area contributed by atoms with Crippen molar-refractivity contribution in [1.29, 1.82) is 0 Å². The molecule has 1 rings (SSSR count). The number of nitrogens with one attached hydrogen (secondary N) is 1. The second kappa shape index (κ2) is 6.75. The molecule has 0 unspecified atom stereocenters. The molecule has 0 bridgehead atoms. The van der Waals surface area contributed by atoms with Crippen LogP contribution >= 0.6 is 11.6 Å². The van der Waals surface area contributed by atoms with Gasteiger partial charge in [0, 0.05) is 40.2 Å². The van der Waals surface area contributed by atoms with E-state index in [1.165, 1.54) is 0 Å². The highest BCUT2D eigenvalue weighted by Crippen LogP contribution is 2.19. The van der Waals surface area contributed by atoms with E-state index in [-0.39, 0.29) is 5.91 Å². The van der Waals surface area contributed by atoms with Crippen LogP contribution in [-0.2, 0) is 17.9 Å². The van der Waals surface area contributed by atoms with Crippen LogP contribution in [0.1, 0.15) is 24.7 Å². The fourth-order valence-corrected chi connectivity index (χ4v) is 1.87. The Bertz CT molecular complexity index is 414. The first-order chi connectivity index (χ1) is 8.47. The van der Waals surface area contributed by atoms with E-state index in [0.717, 1.165) is 17.9 Å². The maximum Gasteiger partial charge on any atom is 0.223 e. The molecule has 0 aliphatic carbocycles. The van der Waals surface area contributed by atoms with Crippen LogP contribution in [0.15, 0.2) is 0 Å². The number of amides is 1. The van der Waals surface area contributed by atoms with E-state index in [1.54, 1.807) is 19.0 Å². The van der Waals surface area contributed by atoms with E-state index < -0.39 is 0 Å². The summed E-state index contributed by atoms with van der Waals surface area (Å²) in [5.41, 5.74) is 1.83. The van der Waals surface area contributed by atoms with Crippen molar-refractivity contribution in [2.45, 2.75) is 33.4 Å². The Morgan fingerprint density at radius 1 is 1.50 bits per heavy atom. The first-order valence-electron chi connectivity index (χ1n) is 6.10. The van der Waals surface area contributed by atoms with E-state index in [2.05, 4.69) is 10.4 Å². The van der Waals surface area contributed by atoms with Gasteiger partial charge in [-0.1, -0.05) is 11.6 Å². The number of halogens is 1. The Hall–Kier alpha value is -1.07. The summed E-state index contributed by atoms with van der Waals surface area (Å²) in [6, 6.07) is 0. The minimum Gasteiger partial charge on any atom is -0.349 e. The molecule has 1 aromatic rings. The molecule has 0 aliphatic rings. The summed E-state index contributed by atoms with van der Waals surface area (Å²) in [6.45, 7) is 5.99. The summed E-state index contributed by atoms with van der Waals surface area (Å²) < 4.78 is 1.89. The molecule has 0 aromatic carbocycles. The lowest BCUT2D eigenvalue weighted by Gasteiger charge is -2.11. The summed E-state index contributed by atoms with van der Waals surface area (Å²) in [7, 11) is 3.52. The fraction of sp³-hybridized carbons (Fsp3) is 0.667. The Kier molecular flexibility index (Phi) is 5.62. The van der Waals surface area contributed by atoms with Crippen LogP contribution in [0.25, 0.3) is 0 Å². The van der Waals surface area contributed by atoms with Crippen molar-refractivity contribution in [3.8, 4) is 0 Å². The smallest absolute Gasteiger partial charge is 0.223 e. The lowest BCUT2D eigenvalue weighted by atomic mass is 10.3. The van der Waals surface area contributed by atoms with Gasteiger partial charge in [0.05, 0.1) is 16.4 Å². The minimum atomic E-state index is 0.119. The highest BCUT2D eigenvalue weighted by Gasteiger charge is 2.12. The van der Waals surface area contributed by atoms with Gasteiger partial charge in [-0.25, -0.2) is 0 Å². The molecule has 0 radical (unpaired) electrons. The van der Waals surface area contributed by atoms with Gasteiger partial charge in [-0.05, 0) is 13.8 Å². The molecule has 0 aliphatic heterocycles. The average molecular weight is 273 g/mol. The summed E-state index contributed by atoms with van der Waals surface area (Å²) in [5.74, 6) is 0.119. The van der Waals surface area contributed by atoms with Crippen molar-refractivity contribution in [1.82, 2.24) is 20.0 Å². The molecule has 1 aromatic heterocycles. The van der Waals surface area contributed by atoms with Crippen molar-refractivity contribution in [3.05, 3.63) is 16.4 Å². The summed E-state index contributed by atoms with van der Waals surface area (Å²) in [4.78, 5) is 13.0. The highest BCUT2D eigenvalue weighted by molar-refractivity contribution is 6.31. The van der Waals surface area contributed by atoms with E-state index in [4.69, 9.17) is 11.6 Å². The van der Waals surface area contributed by atoms with Gasteiger partial charge in [0.25, 0.3) is 0 Å². The number of carbonyl (C=O) groups is 1. The maximum atomic E-state index is 11.4. The fourth-order valence-electron chi connectivity index (χ4n) is 1.66. The third kappa shape index (κ3) is 3.71. The van der Waals surface area contributed by atoms with Crippen LogP contribution in [0.2, 0.25) is 5.02 Å². The van der Waals surface area contributed by atoms with Gasteiger partial charge in [0.2, 0.25) is 5.91 Å². The van der Waals surface area contributed by atoms with Gasteiger partial charge in [0.1, 0.15) is 0 Å². The van der Waals surface area contributed by atoms with Gasteiger partial charge in [-0.15, -0.1) is 0 Å². The zero-order chi connectivity index (χ0) is 13.7. The SMILES string of the molecule is CCn1nc(C)c(Cl)c1CNCCC(=O)N(C)C. The molecule has 6 heteroatoms. The normalized spacial score (nSPS) is 10.7. The van der Waals surface area contributed by atoms with Crippen LogP contribution in [0.5, 0.6) is 0 Å². The third-order valence-corrected chi connectivity index (χ3v) is 3.25. The Morgan fingerprint density at radius 3 is 2.72 bits per heavy atom. The average Bonchev–Trinajstić information content (AvgIpc) is 2.61. The van der Waals surface area contributed by atoms with E-state index >= 15 is 0 Å². The Labute approximate surface area is 113 Å². The largest absolute Gasteiger partial charge is 0.349 e. The predicted molar refractivity (Wildman–Crippen MR) is 72.7 cm³/mol. The predicted octanol–water partition coefficient (Wildman–Crippen LogP) is 1.43. The number of hydrogen-bond donors (Lipinski definition) is 1. The number of hydrogen-bond acceptors (Lipinski definition) is 3. The van der Waals surface area contributed by atoms with Crippen molar-refractivity contribution < 1.29 is 4.79 Å². The molecule has 18 heavy (non-hydrogen) atoms. The molecule has 0 fully saturated rings. The molecule has 0 spiro atoms. The molecular formula is C12H21ClN4O. The molecule has 0 atom stereocenters. The quantitative estimate of drug-likeness (QED) is 0.797. The molecule has 0 saturated carbocycles. The number of aromatic nitrogens is 2. The van der Waals surface area contributed by atoms with Crippen LogP contribution in [0.3, 0.4) is 0 Å². The van der Waals surface area contributed by atoms with Gasteiger partial charge < -0.3 is 10.2 Å². The van der Waals surface area contributed by atoms with Crippen molar-refractivity contribution >= 4 is 17.5 Å². The Morgan fingerprint density at radius 2 is 2.17 bits per heavy atom. The van der Waals surface area contributed by atoms with E-state index in [9.17, 15) is 4.79 Å². The minimum absolute atomic E-state index is 0.119. The summed E-state index contributed by atoms with van der Waals surface area (Å²) in [5, 5.41) is 8.28. The number of carbonyl (C=O) groups excluding carboxylic acids is 1. The van der Waals surface area contributed by atoms with Crippen molar-refractivity contribution in [2.24, 2.45) is 0 Å². The standard InChI is InChI=1S/C12H21ClN4O/c1-5-17-10(12(13)9(2)15-17)8-14-7-6-11(18)16(3)4/h14H,5-8H2,1-4H3. The van der Waals surface area contributed by atoms with E-state index in [0.29, 0.717) is 24.5 Å². The number of rotatable bonds is 6. The molecular weight excluding hydrogens is 252 g/mol. The molecule has 102 valence electrons. The molecule has 1 N–H and O–H groups in total. The van der Waals surface area contributed by atoms with Gasteiger partial charge in [0.15, 0.2) is 0 Å². The zero-order valence-corrected chi connectivity index (χ0v) is 12.2. The molecule has 1 heterocycles. The first kappa shape index (κ1) is 15.0. The first-order valence-corrected chi connectivity index (χ1v) is 6.47. The number of aryl methyl sites for hydroxylation is 2. The second-order valence-corrected chi connectivity index (χ2v) is 4.75. The van der Waals surface area contributed by atoms with Gasteiger partial charge >= 0.3 is 0 Å². The summed E-state index contributed by atoms with van der Waals surface area (Å²) in [6.07, 6.45) is 0.490. The summed E-state index contributed by atoms with van der Waals surface area (Å²) >= 11 is 6.19. The molecule has 1 amide bonds. The highest BCUT2D eigenvalue weighted by atomic mass is 35.5. The maximum absolute atomic E-state index is 11.4. The van der Waals surface area contributed by atoms with Crippen LogP contribution in [-0.4, -0.2) is 41.2 Å². The lowest BCUT2D eigenvalue weighted by molar-refractivity contribution is -0.128. The van der Waals surface area contributed by atoms with Crippen molar-refractivity contribution in [3.63, 3.8) is 0 Å². The van der Waals surface area contributed by atoms with Crippen LogP contribution in [0.4, 0.5) is 0 Å². The molecule has 0 saturated heterocycles. The van der Waals surface area contributed by atoms with E-state index in [1.807, 2.05) is 18.5 Å². The van der Waals surface area contributed by atoms with Crippen LogP contribution < -0.4 is 5.32 Å². The van der Waals surface area contributed by atoms with Gasteiger partial charge in [-0.3, -0.25) is 9.48 Å². The number of nitrogens with zero attached hydrogens (tertiary/aromatic N) is 3. The monoisotopic (exact) mass is 272 g/mol. The topological polar surface area (TPSA) is 50.2 Å². The lowest BCUT2D eigenvalue weighted by Crippen LogP contribution is -2.27. The van der Waals surface area contributed by atoms with Gasteiger partial charge in [-0.2, -0.15) is 5.10 Å². The zero-order valence-electron chi connectivity index (χ0n) is 11.5. The molecule has 5 nitrogen and oxygen atoms in total. The Balaban J connectivity index is 2.47. The van der Waals surface area contributed by atoms with Crippen molar-refractivity contribution in [2.75, 3.05) is 20.6 Å².